The van der Waals surface area contributed by atoms with Gasteiger partial charge in [0, 0.05) is 32.8 Å². The fourth-order valence-corrected chi connectivity index (χ4v) is 2.65. The number of hydrogen-bond acceptors (Lipinski definition) is 3. The zero-order valence-corrected chi connectivity index (χ0v) is 9.45. The van der Waals surface area contributed by atoms with E-state index in [0.29, 0.717) is 6.04 Å². The summed E-state index contributed by atoms with van der Waals surface area (Å²) in [4.78, 5) is 16.2. The summed E-state index contributed by atoms with van der Waals surface area (Å²) < 4.78 is 4.90. The van der Waals surface area contributed by atoms with E-state index in [9.17, 15) is 4.79 Å². The molecule has 0 bridgehead atoms. The van der Waals surface area contributed by atoms with Crippen molar-refractivity contribution in [3.63, 3.8) is 0 Å². The summed E-state index contributed by atoms with van der Waals surface area (Å²) in [5, 5.41) is 0. The maximum absolute atomic E-state index is 11.7. The Kier molecular flexibility index (Phi) is 3.59. The Labute approximate surface area is 91.2 Å². The van der Waals surface area contributed by atoms with Gasteiger partial charge in [0.25, 0.3) is 0 Å². The molecule has 0 radical (unpaired) electrons. The van der Waals surface area contributed by atoms with Crippen LogP contribution in [0.25, 0.3) is 0 Å². The highest BCUT2D eigenvalue weighted by Gasteiger charge is 2.30. The summed E-state index contributed by atoms with van der Waals surface area (Å²) in [6.07, 6.45) is 3.64. The zero-order chi connectivity index (χ0) is 10.7. The zero-order valence-electron chi connectivity index (χ0n) is 9.45. The molecule has 2 rings (SSSR count). The summed E-state index contributed by atoms with van der Waals surface area (Å²) in [6, 6.07) is 0.605. The molecule has 2 saturated heterocycles. The molecule has 1 unspecified atom stereocenters. The molecule has 2 fully saturated rings. The summed E-state index contributed by atoms with van der Waals surface area (Å²) in [5.41, 5.74) is 0. The Bertz CT molecular complexity index is 233. The molecule has 1 amide bonds. The number of nitrogens with zero attached hydrogens (tertiary/aromatic N) is 2. The van der Waals surface area contributed by atoms with Gasteiger partial charge in [-0.2, -0.15) is 0 Å². The van der Waals surface area contributed by atoms with Crippen molar-refractivity contribution in [2.75, 3.05) is 39.9 Å². The average Bonchev–Trinajstić information content (AvgIpc) is 2.56. The van der Waals surface area contributed by atoms with E-state index in [0.717, 1.165) is 26.1 Å². The highest BCUT2D eigenvalue weighted by molar-refractivity contribution is 5.77. The first-order chi connectivity index (χ1) is 7.31. The Morgan fingerprint density at radius 2 is 2.13 bits per heavy atom. The highest BCUT2D eigenvalue weighted by Crippen LogP contribution is 2.21. The molecule has 0 saturated carbocycles. The lowest BCUT2D eigenvalue weighted by atomic mass is 10.2. The summed E-state index contributed by atoms with van der Waals surface area (Å²) in [7, 11) is 1.58. The Hall–Kier alpha value is -0.610. The largest absolute Gasteiger partial charge is 0.375 e. The summed E-state index contributed by atoms with van der Waals surface area (Å²) >= 11 is 0. The normalized spacial score (nSPS) is 27.5. The van der Waals surface area contributed by atoms with E-state index >= 15 is 0 Å². The van der Waals surface area contributed by atoms with Crippen molar-refractivity contribution in [3.05, 3.63) is 0 Å². The molecule has 2 aliphatic heterocycles. The van der Waals surface area contributed by atoms with Crippen LogP contribution in [0, 0.1) is 0 Å². The lowest BCUT2D eigenvalue weighted by molar-refractivity contribution is -0.135. The number of fused-ring (bicyclic) bond motifs is 1. The van der Waals surface area contributed by atoms with E-state index in [4.69, 9.17) is 4.74 Å². The van der Waals surface area contributed by atoms with Crippen LogP contribution in [-0.4, -0.2) is 61.6 Å². The van der Waals surface area contributed by atoms with E-state index in [1.54, 1.807) is 7.11 Å². The maximum Gasteiger partial charge on any atom is 0.248 e. The van der Waals surface area contributed by atoms with Crippen molar-refractivity contribution < 1.29 is 9.53 Å². The average molecular weight is 212 g/mol. The third-order valence-corrected chi connectivity index (χ3v) is 3.42. The highest BCUT2D eigenvalue weighted by atomic mass is 16.5. The molecular formula is C11H20N2O2. The van der Waals surface area contributed by atoms with Crippen molar-refractivity contribution in [1.29, 1.82) is 0 Å². The second kappa shape index (κ2) is 4.94. The van der Waals surface area contributed by atoms with Crippen LogP contribution in [-0.2, 0) is 9.53 Å². The number of amides is 1. The maximum atomic E-state index is 11.7. The number of methoxy groups -OCH3 is 1. The lowest BCUT2D eigenvalue weighted by Gasteiger charge is -2.25. The van der Waals surface area contributed by atoms with Gasteiger partial charge in [-0.3, -0.25) is 9.69 Å². The molecular weight excluding hydrogens is 192 g/mol. The van der Waals surface area contributed by atoms with Crippen LogP contribution in [0.5, 0.6) is 0 Å². The summed E-state index contributed by atoms with van der Waals surface area (Å²) in [6.45, 7) is 4.41. The van der Waals surface area contributed by atoms with E-state index in [2.05, 4.69) is 4.90 Å². The molecule has 0 aromatic heterocycles. The van der Waals surface area contributed by atoms with Crippen LogP contribution in [0.2, 0.25) is 0 Å². The first-order valence-corrected chi connectivity index (χ1v) is 5.82. The molecule has 4 nitrogen and oxygen atoms in total. The Morgan fingerprint density at radius 3 is 2.93 bits per heavy atom. The first-order valence-electron chi connectivity index (χ1n) is 5.82. The second-order valence-corrected chi connectivity index (χ2v) is 4.46. The van der Waals surface area contributed by atoms with Gasteiger partial charge >= 0.3 is 0 Å². The second-order valence-electron chi connectivity index (χ2n) is 4.46. The van der Waals surface area contributed by atoms with Crippen LogP contribution in [0.3, 0.4) is 0 Å². The minimum absolute atomic E-state index is 0.145. The van der Waals surface area contributed by atoms with Gasteiger partial charge in [0.05, 0.1) is 0 Å². The van der Waals surface area contributed by atoms with Crippen molar-refractivity contribution in [2.24, 2.45) is 0 Å². The molecule has 15 heavy (non-hydrogen) atoms. The van der Waals surface area contributed by atoms with Crippen LogP contribution >= 0.6 is 0 Å². The van der Waals surface area contributed by atoms with Crippen LogP contribution in [0.15, 0.2) is 0 Å². The fourth-order valence-electron chi connectivity index (χ4n) is 2.65. The quantitative estimate of drug-likeness (QED) is 0.661. The molecule has 1 atom stereocenters. The van der Waals surface area contributed by atoms with E-state index in [1.165, 1.54) is 19.4 Å². The first kappa shape index (κ1) is 10.9. The van der Waals surface area contributed by atoms with Gasteiger partial charge in [-0.25, -0.2) is 0 Å². The number of carbonyl (C=O) groups excluding carboxylic acids is 1. The number of ether oxygens (including phenoxy) is 1. The van der Waals surface area contributed by atoms with Crippen molar-refractivity contribution in [1.82, 2.24) is 9.80 Å². The van der Waals surface area contributed by atoms with Gasteiger partial charge in [0.15, 0.2) is 0 Å². The number of carbonyl (C=O) groups is 1. The molecule has 0 spiro atoms. The molecule has 86 valence electrons. The predicted molar refractivity (Wildman–Crippen MR) is 57.7 cm³/mol. The minimum Gasteiger partial charge on any atom is -0.375 e. The van der Waals surface area contributed by atoms with Gasteiger partial charge in [-0.05, 0) is 25.8 Å². The molecule has 0 aromatic carbocycles. The topological polar surface area (TPSA) is 32.8 Å². The predicted octanol–water partition coefficient (Wildman–Crippen LogP) is 0.330. The Morgan fingerprint density at radius 1 is 1.33 bits per heavy atom. The van der Waals surface area contributed by atoms with Gasteiger partial charge in [-0.1, -0.05) is 0 Å². The minimum atomic E-state index is 0.145. The van der Waals surface area contributed by atoms with Gasteiger partial charge in [0.1, 0.15) is 6.61 Å². The van der Waals surface area contributed by atoms with E-state index < -0.39 is 0 Å². The van der Waals surface area contributed by atoms with Crippen molar-refractivity contribution in [2.45, 2.75) is 25.3 Å². The SMILES string of the molecule is COCC(=O)N1CCCN2CCCC2C1. The standard InChI is InChI=1S/C11H20N2O2/c1-15-9-11(14)13-7-3-6-12-5-2-4-10(12)8-13/h10H,2-9H2,1H3. The molecule has 0 aromatic rings. The van der Waals surface area contributed by atoms with Crippen molar-refractivity contribution in [3.8, 4) is 0 Å². The van der Waals surface area contributed by atoms with Gasteiger partial charge < -0.3 is 9.64 Å². The molecule has 2 aliphatic rings. The third kappa shape index (κ3) is 2.49. The Balaban J connectivity index is 1.93. The summed E-state index contributed by atoms with van der Waals surface area (Å²) in [5.74, 6) is 0.145. The monoisotopic (exact) mass is 212 g/mol. The van der Waals surface area contributed by atoms with Gasteiger partial charge in [-0.15, -0.1) is 0 Å². The number of hydrogen-bond donors (Lipinski definition) is 0. The van der Waals surface area contributed by atoms with E-state index in [1.807, 2.05) is 4.90 Å². The van der Waals surface area contributed by atoms with E-state index in [-0.39, 0.29) is 12.5 Å². The number of rotatable bonds is 2. The lowest BCUT2D eigenvalue weighted by Crippen LogP contribution is -2.41. The van der Waals surface area contributed by atoms with Crippen LogP contribution in [0.1, 0.15) is 19.3 Å². The molecule has 0 aliphatic carbocycles. The third-order valence-electron chi connectivity index (χ3n) is 3.42. The smallest absolute Gasteiger partial charge is 0.248 e. The molecule has 0 N–H and O–H groups in total. The molecule has 4 heteroatoms. The van der Waals surface area contributed by atoms with Crippen LogP contribution in [0.4, 0.5) is 0 Å². The fraction of sp³-hybridized carbons (Fsp3) is 0.909. The van der Waals surface area contributed by atoms with Crippen molar-refractivity contribution >= 4 is 5.91 Å². The van der Waals surface area contributed by atoms with Crippen LogP contribution < -0.4 is 0 Å². The van der Waals surface area contributed by atoms with Gasteiger partial charge in [0.2, 0.25) is 5.91 Å². The molecule has 2 heterocycles.